The van der Waals surface area contributed by atoms with Crippen LogP contribution in [0.15, 0.2) is 42.5 Å². The van der Waals surface area contributed by atoms with Gasteiger partial charge in [-0.15, -0.1) is 0 Å². The summed E-state index contributed by atoms with van der Waals surface area (Å²) in [4.78, 5) is 12.4. The highest BCUT2D eigenvalue weighted by atomic mass is 16.1. The predicted molar refractivity (Wildman–Crippen MR) is 82.7 cm³/mol. The van der Waals surface area contributed by atoms with Gasteiger partial charge in [-0.3, -0.25) is 9.89 Å². The van der Waals surface area contributed by atoms with Crippen LogP contribution in [-0.4, -0.2) is 22.6 Å². The summed E-state index contributed by atoms with van der Waals surface area (Å²) in [5, 5.41) is 14.0. The van der Waals surface area contributed by atoms with Crippen molar-refractivity contribution in [3.63, 3.8) is 0 Å². The first-order chi connectivity index (χ1) is 10.3. The van der Waals surface area contributed by atoms with Gasteiger partial charge in [-0.1, -0.05) is 18.2 Å². The zero-order valence-electron chi connectivity index (χ0n) is 11.3. The fourth-order valence-electron chi connectivity index (χ4n) is 2.71. The molecule has 2 aromatic carbocycles. The summed E-state index contributed by atoms with van der Waals surface area (Å²) >= 11 is 0. The number of nitrogens with zero attached hydrogens (tertiary/aromatic N) is 1. The van der Waals surface area contributed by atoms with E-state index in [0.717, 1.165) is 35.2 Å². The van der Waals surface area contributed by atoms with Gasteiger partial charge in [0, 0.05) is 23.3 Å². The van der Waals surface area contributed by atoms with E-state index in [0.29, 0.717) is 5.69 Å². The van der Waals surface area contributed by atoms with Crippen molar-refractivity contribution in [3.05, 3.63) is 53.7 Å². The molecule has 2 heterocycles. The molecule has 0 bridgehead atoms. The summed E-state index contributed by atoms with van der Waals surface area (Å²) in [6, 6.07) is 13.5. The molecule has 0 saturated carbocycles. The minimum atomic E-state index is -0.196. The van der Waals surface area contributed by atoms with Crippen LogP contribution < -0.4 is 10.6 Å². The van der Waals surface area contributed by atoms with Gasteiger partial charge in [-0.2, -0.15) is 5.10 Å². The summed E-state index contributed by atoms with van der Waals surface area (Å²) in [7, 11) is 0. The number of hydrogen-bond acceptors (Lipinski definition) is 3. The lowest BCUT2D eigenvalue weighted by Crippen LogP contribution is -2.12. The lowest BCUT2D eigenvalue weighted by molar-refractivity contribution is 0.102. The van der Waals surface area contributed by atoms with Gasteiger partial charge >= 0.3 is 0 Å². The van der Waals surface area contributed by atoms with Crippen molar-refractivity contribution in [3.8, 4) is 0 Å². The number of anilines is 2. The van der Waals surface area contributed by atoms with Gasteiger partial charge in [0.15, 0.2) is 5.69 Å². The summed E-state index contributed by atoms with van der Waals surface area (Å²) in [6.45, 7) is 0.955. The van der Waals surface area contributed by atoms with Gasteiger partial charge < -0.3 is 10.6 Å². The molecule has 0 unspecified atom stereocenters. The number of aromatic amines is 1. The second kappa shape index (κ2) is 4.63. The number of nitrogens with one attached hydrogen (secondary N) is 3. The maximum Gasteiger partial charge on any atom is 0.276 e. The molecule has 0 aliphatic carbocycles. The Bertz CT molecular complexity index is 837. The van der Waals surface area contributed by atoms with Crippen LogP contribution in [0.4, 0.5) is 11.4 Å². The Labute approximate surface area is 121 Å². The van der Waals surface area contributed by atoms with Crippen LogP contribution in [0.3, 0.4) is 0 Å². The number of benzene rings is 2. The number of amides is 1. The number of carbonyl (C=O) groups excluding carboxylic acids is 1. The van der Waals surface area contributed by atoms with E-state index < -0.39 is 0 Å². The average molecular weight is 278 g/mol. The van der Waals surface area contributed by atoms with E-state index >= 15 is 0 Å². The lowest BCUT2D eigenvalue weighted by Gasteiger charge is -2.06. The van der Waals surface area contributed by atoms with E-state index in [1.165, 1.54) is 5.56 Å². The van der Waals surface area contributed by atoms with Crippen molar-refractivity contribution in [2.75, 3.05) is 17.2 Å². The lowest BCUT2D eigenvalue weighted by atomic mass is 10.1. The molecule has 0 atom stereocenters. The zero-order valence-corrected chi connectivity index (χ0v) is 11.3. The number of para-hydroxylation sites is 1. The van der Waals surface area contributed by atoms with Crippen molar-refractivity contribution >= 4 is 28.2 Å². The molecule has 5 heteroatoms. The van der Waals surface area contributed by atoms with Crippen LogP contribution in [0.2, 0.25) is 0 Å². The topological polar surface area (TPSA) is 69.8 Å². The maximum absolute atomic E-state index is 12.4. The molecule has 4 rings (SSSR count). The second-order valence-electron chi connectivity index (χ2n) is 5.12. The van der Waals surface area contributed by atoms with Crippen LogP contribution in [0, 0.1) is 0 Å². The third-order valence-corrected chi connectivity index (χ3v) is 3.76. The van der Waals surface area contributed by atoms with Crippen LogP contribution >= 0.6 is 0 Å². The Morgan fingerprint density at radius 3 is 3.05 bits per heavy atom. The highest BCUT2D eigenvalue weighted by molar-refractivity contribution is 6.11. The first-order valence-electron chi connectivity index (χ1n) is 6.92. The maximum atomic E-state index is 12.4. The molecule has 0 radical (unpaired) electrons. The normalized spacial score (nSPS) is 13.0. The van der Waals surface area contributed by atoms with E-state index in [2.05, 4.69) is 20.8 Å². The average Bonchev–Trinajstić information content (AvgIpc) is 3.13. The van der Waals surface area contributed by atoms with Crippen molar-refractivity contribution in [2.45, 2.75) is 6.42 Å². The minimum absolute atomic E-state index is 0.196. The molecule has 1 aliphatic heterocycles. The van der Waals surface area contributed by atoms with Crippen molar-refractivity contribution < 1.29 is 4.79 Å². The molecule has 0 spiro atoms. The SMILES string of the molecule is O=C(Nc1ccc2c(c1)CCN2)c1n[nH]c2ccccc12. The summed E-state index contributed by atoms with van der Waals surface area (Å²) in [6.07, 6.45) is 0.990. The van der Waals surface area contributed by atoms with Gasteiger partial charge in [0.25, 0.3) is 5.91 Å². The fraction of sp³-hybridized carbons (Fsp3) is 0.125. The molecular formula is C16H14N4O. The predicted octanol–water partition coefficient (Wildman–Crippen LogP) is 2.78. The molecule has 5 nitrogen and oxygen atoms in total. The first kappa shape index (κ1) is 12.0. The standard InChI is InChI=1S/C16H14N4O/c21-16(15-12-3-1-2-4-14(12)19-20-15)18-11-5-6-13-10(9-11)7-8-17-13/h1-6,9,17H,7-8H2,(H,18,21)(H,19,20). The van der Waals surface area contributed by atoms with Gasteiger partial charge in [0.1, 0.15) is 0 Å². The first-order valence-corrected chi connectivity index (χ1v) is 6.92. The second-order valence-corrected chi connectivity index (χ2v) is 5.12. The van der Waals surface area contributed by atoms with Crippen molar-refractivity contribution in [1.29, 1.82) is 0 Å². The molecule has 1 amide bonds. The van der Waals surface area contributed by atoms with Crippen LogP contribution in [-0.2, 0) is 6.42 Å². The largest absolute Gasteiger partial charge is 0.384 e. The molecule has 1 aromatic heterocycles. The van der Waals surface area contributed by atoms with Crippen LogP contribution in [0.5, 0.6) is 0 Å². The number of carbonyl (C=O) groups is 1. The quantitative estimate of drug-likeness (QED) is 0.675. The van der Waals surface area contributed by atoms with E-state index in [4.69, 9.17) is 0 Å². The molecule has 1 aliphatic rings. The van der Waals surface area contributed by atoms with Crippen LogP contribution in [0.25, 0.3) is 10.9 Å². The Morgan fingerprint density at radius 2 is 2.10 bits per heavy atom. The summed E-state index contributed by atoms with van der Waals surface area (Å²) in [5.74, 6) is -0.196. The fourth-order valence-corrected chi connectivity index (χ4v) is 2.71. The highest BCUT2D eigenvalue weighted by Crippen LogP contribution is 2.26. The molecule has 104 valence electrons. The Morgan fingerprint density at radius 1 is 1.19 bits per heavy atom. The number of aromatic nitrogens is 2. The van der Waals surface area contributed by atoms with E-state index in [1.54, 1.807) is 0 Å². The number of rotatable bonds is 2. The molecule has 0 fully saturated rings. The van der Waals surface area contributed by atoms with Gasteiger partial charge in [-0.05, 0) is 36.2 Å². The molecule has 3 N–H and O–H groups in total. The number of H-pyrrole nitrogens is 1. The molecule has 0 saturated heterocycles. The van der Waals surface area contributed by atoms with E-state index in [9.17, 15) is 4.79 Å². The Hall–Kier alpha value is -2.82. The third-order valence-electron chi connectivity index (χ3n) is 3.76. The number of hydrogen-bond donors (Lipinski definition) is 3. The monoisotopic (exact) mass is 278 g/mol. The molecular weight excluding hydrogens is 264 g/mol. The van der Waals surface area contributed by atoms with Crippen molar-refractivity contribution in [1.82, 2.24) is 10.2 Å². The highest BCUT2D eigenvalue weighted by Gasteiger charge is 2.15. The van der Waals surface area contributed by atoms with Gasteiger partial charge in [-0.25, -0.2) is 0 Å². The van der Waals surface area contributed by atoms with E-state index in [1.807, 2.05) is 42.5 Å². The van der Waals surface area contributed by atoms with Gasteiger partial charge in [0.05, 0.1) is 5.52 Å². The van der Waals surface area contributed by atoms with Crippen molar-refractivity contribution in [2.24, 2.45) is 0 Å². The van der Waals surface area contributed by atoms with E-state index in [-0.39, 0.29) is 5.91 Å². The van der Waals surface area contributed by atoms with Crippen LogP contribution in [0.1, 0.15) is 16.1 Å². The number of fused-ring (bicyclic) bond motifs is 2. The third kappa shape index (κ3) is 2.03. The molecule has 3 aromatic rings. The Kier molecular flexibility index (Phi) is 2.64. The minimum Gasteiger partial charge on any atom is -0.384 e. The Balaban J connectivity index is 1.63. The zero-order chi connectivity index (χ0) is 14.2. The molecule has 21 heavy (non-hydrogen) atoms. The summed E-state index contributed by atoms with van der Waals surface area (Å²) in [5.41, 5.74) is 4.47. The summed E-state index contributed by atoms with van der Waals surface area (Å²) < 4.78 is 0. The van der Waals surface area contributed by atoms with Gasteiger partial charge in [0.2, 0.25) is 0 Å². The smallest absolute Gasteiger partial charge is 0.276 e.